The Hall–Kier alpha value is -0.570. The molecule has 3 heteroatoms. The SMILES string of the molecule is CNCC(C)OC(=O)C(C)C. The lowest BCUT2D eigenvalue weighted by Crippen LogP contribution is -2.27. The van der Waals surface area contributed by atoms with E-state index in [2.05, 4.69) is 5.32 Å². The first-order valence-corrected chi connectivity index (χ1v) is 3.93. The van der Waals surface area contributed by atoms with Crippen molar-refractivity contribution < 1.29 is 9.53 Å². The Kier molecular flexibility index (Phi) is 4.86. The van der Waals surface area contributed by atoms with Crippen molar-refractivity contribution in [1.82, 2.24) is 5.32 Å². The van der Waals surface area contributed by atoms with Gasteiger partial charge in [0.05, 0.1) is 5.92 Å². The van der Waals surface area contributed by atoms with E-state index in [-0.39, 0.29) is 18.0 Å². The number of likely N-dealkylation sites (N-methyl/N-ethyl adjacent to an activating group) is 1. The predicted octanol–water partition coefficient (Wildman–Crippen LogP) is 0.793. The average Bonchev–Trinajstić information content (AvgIpc) is 1.87. The van der Waals surface area contributed by atoms with Crippen LogP contribution in [-0.2, 0) is 9.53 Å². The fourth-order valence-corrected chi connectivity index (χ4v) is 0.663. The molecule has 0 saturated heterocycles. The molecule has 0 amide bonds. The summed E-state index contributed by atoms with van der Waals surface area (Å²) in [7, 11) is 1.83. The second-order valence-corrected chi connectivity index (χ2v) is 2.96. The number of carbonyl (C=O) groups excluding carboxylic acids is 1. The van der Waals surface area contributed by atoms with Crippen LogP contribution >= 0.6 is 0 Å². The summed E-state index contributed by atoms with van der Waals surface area (Å²) >= 11 is 0. The summed E-state index contributed by atoms with van der Waals surface area (Å²) in [5, 5.41) is 2.93. The molecule has 0 aliphatic heterocycles. The van der Waals surface area contributed by atoms with Crippen molar-refractivity contribution in [1.29, 1.82) is 0 Å². The van der Waals surface area contributed by atoms with Crippen LogP contribution in [0.3, 0.4) is 0 Å². The fraction of sp³-hybridized carbons (Fsp3) is 0.875. The average molecular weight is 159 g/mol. The molecule has 1 unspecified atom stereocenters. The lowest BCUT2D eigenvalue weighted by molar-refractivity contribution is -0.151. The minimum absolute atomic E-state index is 0.0325. The van der Waals surface area contributed by atoms with E-state index < -0.39 is 0 Å². The lowest BCUT2D eigenvalue weighted by Gasteiger charge is -2.13. The van der Waals surface area contributed by atoms with E-state index in [0.29, 0.717) is 6.54 Å². The molecule has 66 valence electrons. The Morgan fingerprint density at radius 1 is 1.45 bits per heavy atom. The molecule has 0 aliphatic carbocycles. The zero-order valence-corrected chi connectivity index (χ0v) is 7.68. The van der Waals surface area contributed by atoms with Gasteiger partial charge in [-0.1, -0.05) is 13.8 Å². The highest BCUT2D eigenvalue weighted by molar-refractivity contribution is 5.71. The number of hydrogen-bond donors (Lipinski definition) is 1. The van der Waals surface area contributed by atoms with E-state index >= 15 is 0 Å². The molecule has 0 saturated carbocycles. The zero-order chi connectivity index (χ0) is 8.85. The van der Waals surface area contributed by atoms with E-state index in [1.165, 1.54) is 0 Å². The monoisotopic (exact) mass is 159 g/mol. The summed E-state index contributed by atoms with van der Waals surface area (Å²) < 4.78 is 5.05. The van der Waals surface area contributed by atoms with E-state index in [1.54, 1.807) is 0 Å². The van der Waals surface area contributed by atoms with Crippen LogP contribution in [0.2, 0.25) is 0 Å². The molecule has 0 spiro atoms. The third kappa shape index (κ3) is 4.79. The molecule has 0 aromatic rings. The number of esters is 1. The van der Waals surface area contributed by atoms with E-state index in [0.717, 1.165) is 0 Å². The Morgan fingerprint density at radius 2 is 2.00 bits per heavy atom. The van der Waals surface area contributed by atoms with Crippen molar-refractivity contribution in [3.63, 3.8) is 0 Å². The standard InChI is InChI=1S/C8H17NO2/c1-6(2)8(10)11-7(3)5-9-4/h6-7,9H,5H2,1-4H3. The van der Waals surface area contributed by atoms with Crippen LogP contribution in [0.1, 0.15) is 20.8 Å². The Labute approximate surface area is 68.1 Å². The van der Waals surface area contributed by atoms with Crippen molar-refractivity contribution in [2.45, 2.75) is 26.9 Å². The molecule has 0 aromatic carbocycles. The smallest absolute Gasteiger partial charge is 0.308 e. The van der Waals surface area contributed by atoms with Crippen molar-refractivity contribution >= 4 is 5.97 Å². The van der Waals surface area contributed by atoms with E-state index in [4.69, 9.17) is 4.74 Å². The van der Waals surface area contributed by atoms with Crippen LogP contribution in [-0.4, -0.2) is 25.7 Å². The molecule has 1 N–H and O–H groups in total. The molecular formula is C8H17NO2. The van der Waals surface area contributed by atoms with Gasteiger partial charge in [0.1, 0.15) is 6.10 Å². The van der Waals surface area contributed by atoms with E-state index in [1.807, 2.05) is 27.8 Å². The number of ether oxygens (including phenoxy) is 1. The van der Waals surface area contributed by atoms with Gasteiger partial charge in [-0.15, -0.1) is 0 Å². The summed E-state index contributed by atoms with van der Waals surface area (Å²) in [6.45, 7) is 6.23. The molecule has 1 atom stereocenters. The number of carbonyl (C=O) groups is 1. The summed E-state index contributed by atoms with van der Waals surface area (Å²) in [5.41, 5.74) is 0. The summed E-state index contributed by atoms with van der Waals surface area (Å²) in [4.78, 5) is 11.0. The largest absolute Gasteiger partial charge is 0.461 e. The minimum Gasteiger partial charge on any atom is -0.461 e. The zero-order valence-electron chi connectivity index (χ0n) is 7.68. The maximum absolute atomic E-state index is 11.0. The normalized spacial score (nSPS) is 13.2. The molecule has 0 aromatic heterocycles. The summed E-state index contributed by atoms with van der Waals surface area (Å²) in [6.07, 6.45) is -0.0325. The third-order valence-electron chi connectivity index (χ3n) is 1.28. The molecule has 0 aliphatic rings. The molecule has 0 heterocycles. The first kappa shape index (κ1) is 10.4. The van der Waals surface area contributed by atoms with Crippen LogP contribution in [0, 0.1) is 5.92 Å². The highest BCUT2D eigenvalue weighted by Gasteiger charge is 2.11. The van der Waals surface area contributed by atoms with Gasteiger partial charge < -0.3 is 10.1 Å². The van der Waals surface area contributed by atoms with Gasteiger partial charge in [-0.3, -0.25) is 4.79 Å². The van der Waals surface area contributed by atoms with Crippen molar-refractivity contribution in [2.75, 3.05) is 13.6 Å². The molecule has 0 bridgehead atoms. The lowest BCUT2D eigenvalue weighted by atomic mass is 10.2. The maximum Gasteiger partial charge on any atom is 0.308 e. The van der Waals surface area contributed by atoms with Crippen molar-refractivity contribution in [3.8, 4) is 0 Å². The summed E-state index contributed by atoms with van der Waals surface area (Å²) in [5.74, 6) is -0.165. The topological polar surface area (TPSA) is 38.3 Å². The molecular weight excluding hydrogens is 142 g/mol. The molecule has 0 rings (SSSR count). The van der Waals surface area contributed by atoms with Gasteiger partial charge in [-0.05, 0) is 14.0 Å². The maximum atomic E-state index is 11.0. The minimum atomic E-state index is -0.132. The fourth-order valence-electron chi connectivity index (χ4n) is 0.663. The highest BCUT2D eigenvalue weighted by Crippen LogP contribution is 1.99. The molecule has 0 fully saturated rings. The Morgan fingerprint density at radius 3 is 2.36 bits per heavy atom. The van der Waals surface area contributed by atoms with Gasteiger partial charge in [-0.2, -0.15) is 0 Å². The molecule has 11 heavy (non-hydrogen) atoms. The number of nitrogens with one attached hydrogen (secondary N) is 1. The third-order valence-corrected chi connectivity index (χ3v) is 1.28. The van der Waals surface area contributed by atoms with Gasteiger partial charge >= 0.3 is 5.97 Å². The van der Waals surface area contributed by atoms with Crippen LogP contribution in [0.4, 0.5) is 0 Å². The van der Waals surface area contributed by atoms with Crippen LogP contribution in [0.15, 0.2) is 0 Å². The quantitative estimate of drug-likeness (QED) is 0.616. The van der Waals surface area contributed by atoms with E-state index in [9.17, 15) is 4.79 Å². The van der Waals surface area contributed by atoms with Crippen molar-refractivity contribution in [3.05, 3.63) is 0 Å². The second-order valence-electron chi connectivity index (χ2n) is 2.96. The van der Waals surface area contributed by atoms with Crippen LogP contribution < -0.4 is 5.32 Å². The van der Waals surface area contributed by atoms with Gasteiger partial charge in [-0.25, -0.2) is 0 Å². The molecule has 0 radical (unpaired) electrons. The summed E-state index contributed by atoms with van der Waals surface area (Å²) in [6, 6.07) is 0. The van der Waals surface area contributed by atoms with Crippen molar-refractivity contribution in [2.24, 2.45) is 5.92 Å². The highest BCUT2D eigenvalue weighted by atomic mass is 16.5. The number of rotatable bonds is 4. The van der Waals surface area contributed by atoms with Crippen LogP contribution in [0.25, 0.3) is 0 Å². The number of hydrogen-bond acceptors (Lipinski definition) is 3. The Balaban J connectivity index is 3.57. The van der Waals surface area contributed by atoms with Gasteiger partial charge in [0.15, 0.2) is 0 Å². The first-order chi connectivity index (χ1) is 5.07. The molecule has 3 nitrogen and oxygen atoms in total. The van der Waals surface area contributed by atoms with Gasteiger partial charge in [0.2, 0.25) is 0 Å². The van der Waals surface area contributed by atoms with Gasteiger partial charge in [0, 0.05) is 6.54 Å². The first-order valence-electron chi connectivity index (χ1n) is 3.93. The Bertz CT molecular complexity index is 123. The van der Waals surface area contributed by atoms with Crippen LogP contribution in [0.5, 0.6) is 0 Å². The van der Waals surface area contributed by atoms with Gasteiger partial charge in [0.25, 0.3) is 0 Å². The predicted molar refractivity (Wildman–Crippen MR) is 44.3 cm³/mol. The second kappa shape index (κ2) is 5.13.